The van der Waals surface area contributed by atoms with Gasteiger partial charge in [0, 0.05) is 16.6 Å². The van der Waals surface area contributed by atoms with E-state index in [1.807, 2.05) is 26.0 Å². The number of sulfonamides is 1. The highest BCUT2D eigenvalue weighted by atomic mass is 32.2. The van der Waals surface area contributed by atoms with E-state index in [1.54, 1.807) is 12.1 Å². The number of methoxy groups -OCH3 is 1. The number of hydrogen-bond donors (Lipinski definition) is 3. The highest BCUT2D eigenvalue weighted by molar-refractivity contribution is 7.89. The largest absolute Gasteiger partial charge is 0.495 e. The van der Waals surface area contributed by atoms with Crippen LogP contribution in [-0.4, -0.2) is 26.4 Å². The molecular formula is C18H19N3O4S. The second kappa shape index (κ2) is 6.47. The summed E-state index contributed by atoms with van der Waals surface area (Å²) in [6, 6.07) is 10.0. The zero-order valence-corrected chi connectivity index (χ0v) is 15.4. The highest BCUT2D eigenvalue weighted by Crippen LogP contribution is 2.27. The van der Waals surface area contributed by atoms with E-state index in [2.05, 4.69) is 10.3 Å². The van der Waals surface area contributed by atoms with Gasteiger partial charge in [0.05, 0.1) is 7.11 Å². The van der Waals surface area contributed by atoms with E-state index in [4.69, 9.17) is 9.88 Å². The molecule has 26 heavy (non-hydrogen) atoms. The van der Waals surface area contributed by atoms with Crippen LogP contribution in [0.25, 0.3) is 10.9 Å². The standard InChI is InChI=1S/C18H19N3O4S/c1-10-6-11(2)13-9-15(21-14(13)7-10)18(22)20-12-4-5-16(25-3)17(8-12)26(19,23)24/h4-9,21H,1-3H3,(H,20,22)(H2,19,23,24). The van der Waals surface area contributed by atoms with Crippen LogP contribution in [-0.2, 0) is 10.0 Å². The van der Waals surface area contributed by atoms with E-state index in [1.165, 1.54) is 19.2 Å². The molecule has 0 fully saturated rings. The van der Waals surface area contributed by atoms with Gasteiger partial charge < -0.3 is 15.0 Å². The number of primary sulfonamides is 1. The van der Waals surface area contributed by atoms with Crippen LogP contribution in [0.15, 0.2) is 41.3 Å². The van der Waals surface area contributed by atoms with Gasteiger partial charge in [0.1, 0.15) is 16.3 Å². The topological polar surface area (TPSA) is 114 Å². The second-order valence-corrected chi connectivity index (χ2v) is 7.62. The number of carbonyl (C=O) groups excluding carboxylic acids is 1. The maximum Gasteiger partial charge on any atom is 0.272 e. The fraction of sp³-hybridized carbons (Fsp3) is 0.167. The SMILES string of the molecule is COc1ccc(NC(=O)c2cc3c(C)cc(C)cc3[nH]2)cc1S(N)(=O)=O. The minimum Gasteiger partial charge on any atom is -0.495 e. The van der Waals surface area contributed by atoms with Crippen molar-refractivity contribution in [2.45, 2.75) is 18.7 Å². The first-order chi connectivity index (χ1) is 12.2. The number of carbonyl (C=O) groups is 1. The molecule has 0 saturated carbocycles. The summed E-state index contributed by atoms with van der Waals surface area (Å²) in [4.78, 5) is 15.4. The lowest BCUT2D eigenvalue weighted by Crippen LogP contribution is -2.16. The van der Waals surface area contributed by atoms with Crippen LogP contribution in [0.3, 0.4) is 0 Å². The van der Waals surface area contributed by atoms with Crippen molar-refractivity contribution in [3.8, 4) is 5.75 Å². The van der Waals surface area contributed by atoms with Crippen LogP contribution in [0.1, 0.15) is 21.6 Å². The van der Waals surface area contributed by atoms with Crippen LogP contribution in [0.2, 0.25) is 0 Å². The summed E-state index contributed by atoms with van der Waals surface area (Å²) in [5.74, 6) is -0.272. The summed E-state index contributed by atoms with van der Waals surface area (Å²) in [6.07, 6.45) is 0. The first-order valence-corrected chi connectivity index (χ1v) is 9.36. The van der Waals surface area contributed by atoms with Crippen molar-refractivity contribution >= 4 is 32.5 Å². The molecule has 0 bridgehead atoms. The Bertz CT molecular complexity index is 1120. The molecule has 1 amide bonds. The lowest BCUT2D eigenvalue weighted by molar-refractivity contribution is 0.102. The number of aromatic nitrogens is 1. The van der Waals surface area contributed by atoms with Crippen molar-refractivity contribution in [2.24, 2.45) is 5.14 Å². The molecule has 4 N–H and O–H groups in total. The van der Waals surface area contributed by atoms with Gasteiger partial charge in [-0.3, -0.25) is 4.79 Å². The first-order valence-electron chi connectivity index (χ1n) is 7.81. The van der Waals surface area contributed by atoms with Gasteiger partial charge in [0.15, 0.2) is 0 Å². The minimum atomic E-state index is -3.98. The molecule has 0 radical (unpaired) electrons. The second-order valence-electron chi connectivity index (χ2n) is 6.09. The van der Waals surface area contributed by atoms with E-state index in [9.17, 15) is 13.2 Å². The molecule has 136 valence electrons. The maximum atomic E-state index is 12.5. The Morgan fingerprint density at radius 1 is 1.15 bits per heavy atom. The Hall–Kier alpha value is -2.84. The van der Waals surface area contributed by atoms with Crippen molar-refractivity contribution in [2.75, 3.05) is 12.4 Å². The number of rotatable bonds is 4. The highest BCUT2D eigenvalue weighted by Gasteiger charge is 2.17. The fourth-order valence-corrected chi connectivity index (χ4v) is 3.62. The average Bonchev–Trinajstić information content (AvgIpc) is 2.98. The lowest BCUT2D eigenvalue weighted by Gasteiger charge is -2.09. The number of benzene rings is 2. The summed E-state index contributed by atoms with van der Waals surface area (Å²) in [5, 5.41) is 8.83. The van der Waals surface area contributed by atoms with Crippen molar-refractivity contribution in [3.05, 3.63) is 53.2 Å². The number of ether oxygens (including phenoxy) is 1. The number of amides is 1. The maximum absolute atomic E-state index is 12.5. The van der Waals surface area contributed by atoms with Crippen LogP contribution in [0, 0.1) is 13.8 Å². The summed E-state index contributed by atoms with van der Waals surface area (Å²) >= 11 is 0. The van der Waals surface area contributed by atoms with Gasteiger partial charge in [0.25, 0.3) is 5.91 Å². The Morgan fingerprint density at radius 2 is 1.88 bits per heavy atom. The Balaban J connectivity index is 1.94. The molecule has 0 spiro atoms. The Morgan fingerprint density at radius 3 is 2.54 bits per heavy atom. The van der Waals surface area contributed by atoms with Crippen LogP contribution in [0.5, 0.6) is 5.75 Å². The summed E-state index contributed by atoms with van der Waals surface area (Å²) in [6.45, 7) is 3.96. The van der Waals surface area contributed by atoms with E-state index >= 15 is 0 Å². The quantitative estimate of drug-likeness (QED) is 0.652. The third-order valence-corrected chi connectivity index (χ3v) is 4.99. The van der Waals surface area contributed by atoms with Gasteiger partial charge >= 0.3 is 0 Å². The molecule has 0 aliphatic heterocycles. The number of anilines is 1. The predicted molar refractivity (Wildman–Crippen MR) is 100 cm³/mol. The average molecular weight is 373 g/mol. The van der Waals surface area contributed by atoms with Crippen LogP contribution >= 0.6 is 0 Å². The third kappa shape index (κ3) is 3.42. The van der Waals surface area contributed by atoms with Gasteiger partial charge in [-0.25, -0.2) is 13.6 Å². The zero-order valence-electron chi connectivity index (χ0n) is 14.6. The van der Waals surface area contributed by atoms with E-state index in [0.717, 1.165) is 22.0 Å². The molecule has 0 aliphatic carbocycles. The van der Waals surface area contributed by atoms with Crippen LogP contribution < -0.4 is 15.2 Å². The van der Waals surface area contributed by atoms with Crippen molar-refractivity contribution in [1.82, 2.24) is 4.98 Å². The van der Waals surface area contributed by atoms with E-state index < -0.39 is 10.0 Å². The predicted octanol–water partition coefficient (Wildman–Crippen LogP) is 2.69. The van der Waals surface area contributed by atoms with E-state index in [-0.39, 0.29) is 16.6 Å². The van der Waals surface area contributed by atoms with Crippen LogP contribution in [0.4, 0.5) is 5.69 Å². The molecule has 0 atom stereocenters. The molecule has 1 heterocycles. The number of nitrogens with two attached hydrogens (primary N) is 1. The number of aryl methyl sites for hydroxylation is 2. The van der Waals surface area contributed by atoms with E-state index in [0.29, 0.717) is 11.4 Å². The monoisotopic (exact) mass is 373 g/mol. The van der Waals surface area contributed by atoms with Crippen molar-refractivity contribution < 1.29 is 17.9 Å². The van der Waals surface area contributed by atoms with Gasteiger partial charge in [-0.1, -0.05) is 6.07 Å². The van der Waals surface area contributed by atoms with Crippen molar-refractivity contribution in [3.63, 3.8) is 0 Å². The first kappa shape index (κ1) is 18.0. The van der Waals surface area contributed by atoms with Gasteiger partial charge in [0.2, 0.25) is 10.0 Å². The fourth-order valence-electron chi connectivity index (χ4n) is 2.90. The molecule has 1 aromatic heterocycles. The summed E-state index contributed by atoms with van der Waals surface area (Å²) in [5.41, 5.74) is 3.70. The van der Waals surface area contributed by atoms with Gasteiger partial charge in [-0.05, 0) is 55.3 Å². The molecule has 0 unspecified atom stereocenters. The smallest absolute Gasteiger partial charge is 0.272 e. The molecule has 7 nitrogen and oxygen atoms in total. The van der Waals surface area contributed by atoms with Gasteiger partial charge in [-0.15, -0.1) is 0 Å². The number of hydrogen-bond acceptors (Lipinski definition) is 4. The molecule has 8 heteroatoms. The van der Waals surface area contributed by atoms with Gasteiger partial charge in [-0.2, -0.15) is 0 Å². The molecule has 0 aliphatic rings. The molecular weight excluding hydrogens is 354 g/mol. The zero-order chi connectivity index (χ0) is 19.1. The lowest BCUT2D eigenvalue weighted by atomic mass is 10.1. The molecule has 3 rings (SSSR count). The Labute approximate surface area is 151 Å². The number of fused-ring (bicyclic) bond motifs is 1. The summed E-state index contributed by atoms with van der Waals surface area (Å²) < 4.78 is 28.4. The number of aromatic amines is 1. The van der Waals surface area contributed by atoms with Crippen molar-refractivity contribution in [1.29, 1.82) is 0 Å². The summed E-state index contributed by atoms with van der Waals surface area (Å²) in [7, 11) is -2.64. The third-order valence-electron chi connectivity index (χ3n) is 4.06. The molecule has 0 saturated heterocycles. The minimum absolute atomic E-state index is 0.113. The normalized spacial score (nSPS) is 11.5. The molecule has 3 aromatic rings. The number of nitrogens with one attached hydrogen (secondary N) is 2. The Kier molecular flexibility index (Phi) is 4.47. The molecule has 2 aromatic carbocycles. The number of H-pyrrole nitrogens is 1.